The van der Waals surface area contributed by atoms with Crippen LogP contribution in [-0.2, 0) is 0 Å². The minimum atomic E-state index is -0.849. The third-order valence-corrected chi connectivity index (χ3v) is 2.03. The molecule has 0 fully saturated rings. The smallest absolute Gasteiger partial charge is 0.145 e. The summed E-state index contributed by atoms with van der Waals surface area (Å²) in [7, 11) is 0. The number of aliphatic hydroxyl groups is 1. The van der Waals surface area contributed by atoms with Gasteiger partial charge in [0.25, 0.3) is 0 Å². The van der Waals surface area contributed by atoms with Gasteiger partial charge in [0.15, 0.2) is 0 Å². The van der Waals surface area contributed by atoms with Crippen LogP contribution in [0.1, 0.15) is 24.1 Å². The van der Waals surface area contributed by atoms with Crippen molar-refractivity contribution in [3.8, 4) is 6.07 Å². The summed E-state index contributed by atoms with van der Waals surface area (Å²) in [6.45, 7) is 1.48. The van der Waals surface area contributed by atoms with Crippen molar-refractivity contribution < 1.29 is 9.50 Å². The average Bonchev–Trinajstić information content (AvgIpc) is 2.17. The van der Waals surface area contributed by atoms with Crippen LogP contribution in [0.25, 0.3) is 0 Å². The number of benzene rings is 1. The van der Waals surface area contributed by atoms with E-state index in [1.807, 2.05) is 0 Å². The molecule has 74 valence electrons. The Kier molecular flexibility index (Phi) is 3.18. The summed E-state index contributed by atoms with van der Waals surface area (Å²) in [4.78, 5) is 0. The molecule has 0 unspecified atom stereocenters. The summed E-state index contributed by atoms with van der Waals surface area (Å²) in [5.74, 6) is -0.650. The normalized spacial score (nSPS) is 14.5. The number of aliphatic hydroxyl groups excluding tert-OH is 1. The molecule has 3 nitrogen and oxygen atoms in total. The summed E-state index contributed by atoms with van der Waals surface area (Å²) in [6, 6.07) is 5.29. The van der Waals surface area contributed by atoms with E-state index in [0.29, 0.717) is 0 Å². The lowest BCUT2D eigenvalue weighted by atomic mass is 10.0. The second-order valence-corrected chi connectivity index (χ2v) is 3.09. The highest BCUT2D eigenvalue weighted by Gasteiger charge is 2.17. The number of hydrogen-bond donors (Lipinski definition) is 2. The third kappa shape index (κ3) is 1.90. The molecule has 0 saturated heterocycles. The van der Waals surface area contributed by atoms with Gasteiger partial charge in [0.1, 0.15) is 11.9 Å². The molecular formula is C10H11FN2O. The Morgan fingerprint density at radius 1 is 1.57 bits per heavy atom. The highest BCUT2D eigenvalue weighted by molar-refractivity contribution is 5.36. The predicted molar refractivity (Wildman–Crippen MR) is 49.7 cm³/mol. The molecule has 0 spiro atoms. The molecule has 0 bridgehead atoms. The van der Waals surface area contributed by atoms with E-state index in [-0.39, 0.29) is 11.1 Å². The van der Waals surface area contributed by atoms with Crippen molar-refractivity contribution in [3.05, 3.63) is 35.1 Å². The molecule has 1 aromatic carbocycles. The first-order chi connectivity index (χ1) is 6.57. The van der Waals surface area contributed by atoms with Gasteiger partial charge < -0.3 is 10.8 Å². The van der Waals surface area contributed by atoms with Crippen molar-refractivity contribution >= 4 is 0 Å². The van der Waals surface area contributed by atoms with Gasteiger partial charge in [-0.2, -0.15) is 5.26 Å². The zero-order valence-electron chi connectivity index (χ0n) is 7.74. The van der Waals surface area contributed by atoms with Gasteiger partial charge in [-0.25, -0.2) is 4.39 Å². The first-order valence-corrected chi connectivity index (χ1v) is 4.20. The van der Waals surface area contributed by atoms with E-state index in [2.05, 4.69) is 0 Å². The topological polar surface area (TPSA) is 70.0 Å². The molecule has 0 amide bonds. The molecule has 0 heterocycles. The number of nitriles is 1. The Morgan fingerprint density at radius 3 is 2.71 bits per heavy atom. The van der Waals surface area contributed by atoms with Crippen LogP contribution in [0.2, 0.25) is 0 Å². The van der Waals surface area contributed by atoms with Crippen LogP contribution >= 0.6 is 0 Å². The van der Waals surface area contributed by atoms with Crippen molar-refractivity contribution in [1.82, 2.24) is 0 Å². The fraction of sp³-hybridized carbons (Fsp3) is 0.300. The molecule has 1 rings (SSSR count). The number of hydrogen-bond acceptors (Lipinski definition) is 3. The standard InChI is InChI=1S/C10H11FN2O/c1-6(14)10(13)8-4-2-3-7(5-12)9(8)11/h2-4,6,10,14H,13H2,1H3/t6-,10+/m1/s1. The molecule has 0 aliphatic heterocycles. The van der Waals surface area contributed by atoms with Gasteiger partial charge in [-0.1, -0.05) is 12.1 Å². The van der Waals surface area contributed by atoms with Crippen molar-refractivity contribution in [2.75, 3.05) is 0 Å². The molecule has 14 heavy (non-hydrogen) atoms. The highest BCUT2D eigenvalue weighted by atomic mass is 19.1. The van der Waals surface area contributed by atoms with Crippen molar-refractivity contribution in [1.29, 1.82) is 5.26 Å². The number of halogens is 1. The van der Waals surface area contributed by atoms with Crippen molar-refractivity contribution in [2.24, 2.45) is 5.73 Å². The summed E-state index contributed by atoms with van der Waals surface area (Å²) in [5.41, 5.74) is 5.67. The maximum atomic E-state index is 13.5. The summed E-state index contributed by atoms with van der Waals surface area (Å²) >= 11 is 0. The summed E-state index contributed by atoms with van der Waals surface area (Å²) < 4.78 is 13.5. The minimum absolute atomic E-state index is 0.0569. The van der Waals surface area contributed by atoms with Gasteiger partial charge in [-0.3, -0.25) is 0 Å². The second kappa shape index (κ2) is 4.18. The predicted octanol–water partition coefficient (Wildman–Crippen LogP) is 1.08. The van der Waals surface area contributed by atoms with Gasteiger partial charge in [-0.15, -0.1) is 0 Å². The molecular weight excluding hydrogens is 183 g/mol. The molecule has 3 N–H and O–H groups in total. The van der Waals surface area contributed by atoms with E-state index in [9.17, 15) is 9.50 Å². The lowest BCUT2D eigenvalue weighted by molar-refractivity contribution is 0.162. The monoisotopic (exact) mass is 194 g/mol. The van der Waals surface area contributed by atoms with E-state index >= 15 is 0 Å². The Balaban J connectivity index is 3.17. The van der Waals surface area contributed by atoms with Gasteiger partial charge in [0.05, 0.1) is 17.7 Å². The molecule has 4 heteroatoms. The first kappa shape index (κ1) is 10.6. The molecule has 0 aromatic heterocycles. The van der Waals surface area contributed by atoms with E-state index in [1.54, 1.807) is 12.1 Å². The van der Waals surface area contributed by atoms with Crippen LogP contribution in [-0.4, -0.2) is 11.2 Å². The molecule has 0 radical (unpaired) electrons. The Morgan fingerprint density at radius 2 is 2.21 bits per heavy atom. The van der Waals surface area contributed by atoms with Crippen LogP contribution in [0.5, 0.6) is 0 Å². The lowest BCUT2D eigenvalue weighted by Gasteiger charge is -2.15. The van der Waals surface area contributed by atoms with Gasteiger partial charge in [0, 0.05) is 5.56 Å². The molecule has 0 saturated carbocycles. The van der Waals surface area contributed by atoms with E-state index < -0.39 is 18.0 Å². The van der Waals surface area contributed by atoms with Crippen molar-refractivity contribution in [3.63, 3.8) is 0 Å². The fourth-order valence-electron chi connectivity index (χ4n) is 1.15. The second-order valence-electron chi connectivity index (χ2n) is 3.09. The number of nitrogens with two attached hydrogens (primary N) is 1. The molecule has 1 aromatic rings. The van der Waals surface area contributed by atoms with Crippen LogP contribution in [0.15, 0.2) is 18.2 Å². The zero-order chi connectivity index (χ0) is 10.7. The fourth-order valence-corrected chi connectivity index (χ4v) is 1.15. The quantitative estimate of drug-likeness (QED) is 0.740. The summed E-state index contributed by atoms with van der Waals surface area (Å²) in [6.07, 6.45) is -0.849. The maximum absolute atomic E-state index is 13.5. The minimum Gasteiger partial charge on any atom is -0.391 e. The molecule has 0 aliphatic rings. The molecule has 2 atom stereocenters. The van der Waals surface area contributed by atoms with E-state index in [0.717, 1.165) is 0 Å². The highest BCUT2D eigenvalue weighted by Crippen LogP contribution is 2.20. The molecule has 0 aliphatic carbocycles. The SMILES string of the molecule is C[C@@H](O)[C@H](N)c1cccc(C#N)c1F. The van der Waals surface area contributed by atoms with Gasteiger partial charge in [-0.05, 0) is 13.0 Å². The van der Waals surface area contributed by atoms with Crippen molar-refractivity contribution in [2.45, 2.75) is 19.1 Å². The maximum Gasteiger partial charge on any atom is 0.145 e. The van der Waals surface area contributed by atoms with Crippen LogP contribution in [0, 0.1) is 17.1 Å². The first-order valence-electron chi connectivity index (χ1n) is 4.20. The zero-order valence-corrected chi connectivity index (χ0v) is 7.74. The van der Waals surface area contributed by atoms with E-state index in [4.69, 9.17) is 11.0 Å². The van der Waals surface area contributed by atoms with Gasteiger partial charge in [0.2, 0.25) is 0 Å². The number of nitrogens with zero attached hydrogens (tertiary/aromatic N) is 1. The Labute approximate surface area is 81.6 Å². The average molecular weight is 194 g/mol. The lowest BCUT2D eigenvalue weighted by Crippen LogP contribution is -2.24. The Hall–Kier alpha value is -1.44. The Bertz CT molecular complexity index is 371. The largest absolute Gasteiger partial charge is 0.391 e. The van der Waals surface area contributed by atoms with Crippen LogP contribution in [0.4, 0.5) is 4.39 Å². The van der Waals surface area contributed by atoms with Crippen LogP contribution < -0.4 is 5.73 Å². The summed E-state index contributed by atoms with van der Waals surface area (Å²) in [5, 5.41) is 17.8. The van der Waals surface area contributed by atoms with E-state index in [1.165, 1.54) is 19.1 Å². The van der Waals surface area contributed by atoms with Gasteiger partial charge >= 0.3 is 0 Å². The third-order valence-electron chi connectivity index (χ3n) is 2.03. The number of rotatable bonds is 2. The van der Waals surface area contributed by atoms with Crippen LogP contribution in [0.3, 0.4) is 0 Å².